The molecule has 0 fully saturated rings. The van der Waals surface area contributed by atoms with Gasteiger partial charge < -0.3 is 25.4 Å². The zero-order chi connectivity index (χ0) is 25.5. The van der Waals surface area contributed by atoms with Crippen LogP contribution in [-0.4, -0.2) is 35.6 Å². The standard InChI is InChI=1S/C25H22FN5O4S/c1-3-23(32)31-20-12-17-19(13-22(20)34-2)28-14-29-24(17)35-21-7-6-15(11-18(21)26)30-25(33)27-9-8-16-5-4-10-36-16/h3-7,10-14H,1,8-9H2,2H3,(H,31,32)(H2,27,30,33). The van der Waals surface area contributed by atoms with Gasteiger partial charge in [0.2, 0.25) is 11.8 Å². The monoisotopic (exact) mass is 507 g/mol. The normalized spacial score (nSPS) is 10.5. The number of methoxy groups -OCH3 is 1. The molecule has 0 bridgehead atoms. The SMILES string of the molecule is C=CC(=O)Nc1cc2c(Oc3ccc(NC(=O)NCCc4cccs4)cc3F)ncnc2cc1OC. The van der Waals surface area contributed by atoms with Gasteiger partial charge in [0.25, 0.3) is 0 Å². The van der Waals surface area contributed by atoms with Gasteiger partial charge in [0, 0.05) is 29.2 Å². The van der Waals surface area contributed by atoms with E-state index in [1.165, 1.54) is 25.6 Å². The molecule has 0 saturated carbocycles. The second-order valence-electron chi connectivity index (χ2n) is 7.40. The second-order valence-corrected chi connectivity index (χ2v) is 8.43. The van der Waals surface area contributed by atoms with Gasteiger partial charge in [-0.3, -0.25) is 4.79 Å². The first-order valence-electron chi connectivity index (χ1n) is 10.8. The highest BCUT2D eigenvalue weighted by molar-refractivity contribution is 7.09. The molecule has 2 aromatic carbocycles. The lowest BCUT2D eigenvalue weighted by molar-refractivity contribution is -0.111. The molecule has 11 heteroatoms. The number of carbonyl (C=O) groups excluding carboxylic acids is 2. The molecule has 0 radical (unpaired) electrons. The molecule has 0 spiro atoms. The lowest BCUT2D eigenvalue weighted by Gasteiger charge is -2.13. The van der Waals surface area contributed by atoms with E-state index in [1.54, 1.807) is 23.5 Å². The minimum Gasteiger partial charge on any atom is -0.494 e. The fourth-order valence-corrected chi connectivity index (χ4v) is 4.00. The molecule has 2 heterocycles. The predicted octanol–water partition coefficient (Wildman–Crippen LogP) is 5.12. The summed E-state index contributed by atoms with van der Waals surface area (Å²) in [5.74, 6) is -0.796. The number of thiophene rings is 1. The number of nitrogens with one attached hydrogen (secondary N) is 3. The van der Waals surface area contributed by atoms with Gasteiger partial charge in [-0.2, -0.15) is 0 Å². The topological polar surface area (TPSA) is 114 Å². The second kappa shape index (κ2) is 11.3. The van der Waals surface area contributed by atoms with Crippen LogP contribution >= 0.6 is 11.3 Å². The summed E-state index contributed by atoms with van der Waals surface area (Å²) in [6.45, 7) is 3.89. The van der Waals surface area contributed by atoms with Gasteiger partial charge in [0.15, 0.2) is 11.6 Å². The summed E-state index contributed by atoms with van der Waals surface area (Å²) in [5.41, 5.74) is 1.08. The fraction of sp³-hybridized carbons (Fsp3) is 0.120. The van der Waals surface area contributed by atoms with Crippen LogP contribution < -0.4 is 25.4 Å². The molecule has 4 rings (SSSR count). The van der Waals surface area contributed by atoms with Crippen LogP contribution in [0.15, 0.2) is 66.8 Å². The number of carbonyl (C=O) groups is 2. The van der Waals surface area contributed by atoms with Crippen molar-refractivity contribution in [3.05, 3.63) is 77.5 Å². The van der Waals surface area contributed by atoms with Gasteiger partial charge in [-0.1, -0.05) is 12.6 Å². The average Bonchev–Trinajstić information content (AvgIpc) is 3.39. The van der Waals surface area contributed by atoms with E-state index in [0.29, 0.717) is 35.3 Å². The average molecular weight is 508 g/mol. The number of fused-ring (bicyclic) bond motifs is 1. The van der Waals surface area contributed by atoms with Crippen LogP contribution in [0, 0.1) is 5.82 Å². The van der Waals surface area contributed by atoms with Crippen LogP contribution in [0.3, 0.4) is 0 Å². The molecule has 184 valence electrons. The number of nitrogens with zero attached hydrogens (tertiary/aromatic N) is 2. The van der Waals surface area contributed by atoms with Crippen molar-refractivity contribution in [1.29, 1.82) is 0 Å². The first-order valence-corrected chi connectivity index (χ1v) is 11.7. The van der Waals surface area contributed by atoms with Gasteiger partial charge in [0.1, 0.15) is 12.1 Å². The van der Waals surface area contributed by atoms with Gasteiger partial charge >= 0.3 is 6.03 Å². The molecule has 3 amide bonds. The van der Waals surface area contributed by atoms with Gasteiger partial charge in [-0.05, 0) is 42.1 Å². The molecule has 9 nitrogen and oxygen atoms in total. The Kier molecular flexibility index (Phi) is 7.71. The van der Waals surface area contributed by atoms with E-state index in [1.807, 2.05) is 17.5 Å². The molecule has 0 unspecified atom stereocenters. The van der Waals surface area contributed by atoms with Crippen LogP contribution in [-0.2, 0) is 11.2 Å². The Balaban J connectivity index is 1.48. The maximum Gasteiger partial charge on any atom is 0.319 e. The number of urea groups is 1. The van der Waals surface area contributed by atoms with E-state index < -0.39 is 17.8 Å². The number of anilines is 2. The number of hydrogen-bond donors (Lipinski definition) is 3. The third-order valence-corrected chi connectivity index (χ3v) is 5.93. The lowest BCUT2D eigenvalue weighted by atomic mass is 10.2. The Bertz CT molecular complexity index is 1410. The third-order valence-electron chi connectivity index (χ3n) is 5.00. The molecule has 36 heavy (non-hydrogen) atoms. The number of rotatable bonds is 9. The predicted molar refractivity (Wildman–Crippen MR) is 136 cm³/mol. The zero-order valence-corrected chi connectivity index (χ0v) is 20.0. The smallest absolute Gasteiger partial charge is 0.319 e. The maximum atomic E-state index is 14.8. The summed E-state index contributed by atoms with van der Waals surface area (Å²) in [7, 11) is 1.46. The Hall–Kier alpha value is -4.51. The zero-order valence-electron chi connectivity index (χ0n) is 19.2. The Labute approximate surface area is 210 Å². The van der Waals surface area contributed by atoms with E-state index in [-0.39, 0.29) is 17.3 Å². The van der Waals surface area contributed by atoms with Crippen LogP contribution in [0.25, 0.3) is 10.9 Å². The summed E-state index contributed by atoms with van der Waals surface area (Å²) in [5, 5.41) is 10.4. The molecule has 2 aromatic heterocycles. The van der Waals surface area contributed by atoms with Gasteiger partial charge in [0.05, 0.1) is 23.7 Å². The Morgan fingerprint density at radius 3 is 2.72 bits per heavy atom. The van der Waals surface area contributed by atoms with Crippen molar-refractivity contribution in [3.8, 4) is 17.4 Å². The van der Waals surface area contributed by atoms with Crippen molar-refractivity contribution in [3.63, 3.8) is 0 Å². The Morgan fingerprint density at radius 2 is 2.00 bits per heavy atom. The lowest BCUT2D eigenvalue weighted by Crippen LogP contribution is -2.30. The summed E-state index contributed by atoms with van der Waals surface area (Å²) in [4.78, 5) is 33.4. The highest BCUT2D eigenvalue weighted by Crippen LogP contribution is 2.35. The summed E-state index contributed by atoms with van der Waals surface area (Å²) in [6.07, 6.45) is 3.11. The number of halogens is 1. The van der Waals surface area contributed by atoms with E-state index in [0.717, 1.165) is 17.0 Å². The molecule has 0 atom stereocenters. The molecular formula is C25H22FN5O4S. The molecular weight excluding hydrogens is 485 g/mol. The van der Waals surface area contributed by atoms with Crippen molar-refractivity contribution < 1.29 is 23.5 Å². The highest BCUT2D eigenvalue weighted by Gasteiger charge is 2.15. The van der Waals surface area contributed by atoms with Crippen molar-refractivity contribution in [2.24, 2.45) is 0 Å². The minimum atomic E-state index is -0.702. The number of hydrogen-bond acceptors (Lipinski definition) is 7. The minimum absolute atomic E-state index is 0.0719. The molecule has 3 N–H and O–H groups in total. The van der Waals surface area contributed by atoms with Crippen molar-refractivity contribution in [2.45, 2.75) is 6.42 Å². The molecule has 0 saturated heterocycles. The van der Waals surface area contributed by atoms with Gasteiger partial charge in [-0.15, -0.1) is 11.3 Å². The first kappa shape index (κ1) is 24.6. The van der Waals surface area contributed by atoms with E-state index >= 15 is 0 Å². The quantitative estimate of drug-likeness (QED) is 0.271. The third kappa shape index (κ3) is 5.94. The van der Waals surface area contributed by atoms with Crippen LogP contribution in [0.1, 0.15) is 4.88 Å². The Morgan fingerprint density at radius 1 is 1.14 bits per heavy atom. The number of benzene rings is 2. The highest BCUT2D eigenvalue weighted by atomic mass is 32.1. The van der Waals surface area contributed by atoms with E-state index in [4.69, 9.17) is 9.47 Å². The largest absolute Gasteiger partial charge is 0.494 e. The van der Waals surface area contributed by atoms with Gasteiger partial charge in [-0.25, -0.2) is 19.2 Å². The molecule has 0 aliphatic heterocycles. The van der Waals surface area contributed by atoms with Crippen LogP contribution in [0.2, 0.25) is 0 Å². The van der Waals surface area contributed by atoms with E-state index in [9.17, 15) is 14.0 Å². The summed E-state index contributed by atoms with van der Waals surface area (Å²) in [6, 6.07) is 10.7. The number of aromatic nitrogens is 2. The van der Waals surface area contributed by atoms with Crippen LogP contribution in [0.4, 0.5) is 20.6 Å². The van der Waals surface area contributed by atoms with Crippen molar-refractivity contribution in [1.82, 2.24) is 15.3 Å². The molecule has 0 aliphatic carbocycles. The number of amides is 3. The van der Waals surface area contributed by atoms with Crippen molar-refractivity contribution >= 4 is 45.6 Å². The fourth-order valence-electron chi connectivity index (χ4n) is 3.29. The molecule has 4 aromatic rings. The van der Waals surface area contributed by atoms with E-state index in [2.05, 4.69) is 32.5 Å². The first-order chi connectivity index (χ1) is 17.5. The summed E-state index contributed by atoms with van der Waals surface area (Å²) < 4.78 is 25.8. The summed E-state index contributed by atoms with van der Waals surface area (Å²) >= 11 is 1.62. The number of ether oxygens (including phenoxy) is 2. The van der Waals surface area contributed by atoms with Crippen LogP contribution in [0.5, 0.6) is 17.4 Å². The maximum absolute atomic E-state index is 14.8. The van der Waals surface area contributed by atoms with Crippen molar-refractivity contribution in [2.75, 3.05) is 24.3 Å². The molecule has 0 aliphatic rings.